The van der Waals surface area contributed by atoms with Crippen LogP contribution in [0.4, 0.5) is 0 Å². The highest BCUT2D eigenvalue weighted by atomic mass is 15.2. The average molecular weight is 338 g/mol. The van der Waals surface area contributed by atoms with Crippen LogP contribution in [0.25, 0.3) is 0 Å². The van der Waals surface area contributed by atoms with E-state index >= 15 is 0 Å². The molecule has 0 saturated carbocycles. The molecule has 0 aromatic heterocycles. The van der Waals surface area contributed by atoms with Crippen LogP contribution in [0.15, 0.2) is 36.4 Å². The van der Waals surface area contributed by atoms with Crippen molar-refractivity contribution in [3.63, 3.8) is 0 Å². The van der Waals surface area contributed by atoms with Gasteiger partial charge in [0.05, 0.1) is 6.04 Å². The molecule has 0 aliphatic carbocycles. The fourth-order valence-electron chi connectivity index (χ4n) is 4.20. The van der Waals surface area contributed by atoms with Gasteiger partial charge in [-0.2, -0.15) is 0 Å². The normalized spacial score (nSPS) is 15.0. The third-order valence-electron chi connectivity index (χ3n) is 5.39. The molecule has 1 fully saturated rings. The van der Waals surface area contributed by atoms with Crippen LogP contribution in [0, 0.1) is 27.7 Å². The van der Waals surface area contributed by atoms with Crippen molar-refractivity contribution < 1.29 is 0 Å². The van der Waals surface area contributed by atoms with E-state index in [9.17, 15) is 0 Å². The summed E-state index contributed by atoms with van der Waals surface area (Å²) in [7, 11) is 0. The number of hydrogen-bond acceptors (Lipinski definition) is 1. The Labute approximate surface area is 155 Å². The van der Waals surface area contributed by atoms with Gasteiger partial charge in [0.1, 0.15) is 0 Å². The van der Waals surface area contributed by atoms with Gasteiger partial charge < -0.3 is 0 Å². The number of likely N-dealkylation sites (tertiary alicyclic amines) is 1. The van der Waals surface area contributed by atoms with Gasteiger partial charge in [-0.1, -0.05) is 56.7 Å². The van der Waals surface area contributed by atoms with E-state index in [1.54, 1.807) is 0 Å². The van der Waals surface area contributed by atoms with Crippen molar-refractivity contribution in [1.82, 2.24) is 4.90 Å². The van der Waals surface area contributed by atoms with Crippen molar-refractivity contribution in [3.05, 3.63) is 69.8 Å². The van der Waals surface area contributed by atoms with Gasteiger partial charge in [0.25, 0.3) is 0 Å². The molecule has 0 bridgehead atoms. The molecule has 1 saturated heterocycles. The molecule has 0 atom stereocenters. The van der Waals surface area contributed by atoms with E-state index in [2.05, 4.69) is 69.0 Å². The number of rotatable bonds is 3. The maximum atomic E-state index is 2.72. The van der Waals surface area contributed by atoms with E-state index < -0.39 is 0 Å². The van der Waals surface area contributed by atoms with E-state index in [4.69, 9.17) is 0 Å². The lowest BCUT2D eigenvalue weighted by molar-refractivity contribution is 0.185. The van der Waals surface area contributed by atoms with Gasteiger partial charge in [-0.3, -0.25) is 4.90 Å². The quantitative estimate of drug-likeness (QED) is 0.616. The second-order valence-corrected chi connectivity index (χ2v) is 7.11. The Kier molecular flexibility index (Phi) is 7.25. The number of nitrogens with zero attached hydrogens (tertiary/aromatic N) is 1. The fraction of sp³-hybridized carbons (Fsp3) is 0.500. The predicted molar refractivity (Wildman–Crippen MR) is 110 cm³/mol. The van der Waals surface area contributed by atoms with Gasteiger partial charge in [0.15, 0.2) is 0 Å². The molecule has 0 amide bonds. The van der Waals surface area contributed by atoms with E-state index in [1.807, 2.05) is 13.8 Å². The summed E-state index contributed by atoms with van der Waals surface area (Å²) < 4.78 is 0. The molecule has 1 heterocycles. The molecule has 1 heteroatoms. The number of hydrogen-bond donors (Lipinski definition) is 0. The summed E-state index contributed by atoms with van der Waals surface area (Å²) in [5.41, 5.74) is 8.72. The molecule has 2 aromatic rings. The van der Waals surface area contributed by atoms with E-state index in [1.165, 1.54) is 65.7 Å². The van der Waals surface area contributed by atoms with Crippen molar-refractivity contribution >= 4 is 0 Å². The SMILES string of the molecule is CC.Cc1cccc(C)c1C(c1c(C)cccc1C)N1CCCCC1. The molecule has 136 valence electrons. The van der Waals surface area contributed by atoms with Gasteiger partial charge in [-0.15, -0.1) is 0 Å². The van der Waals surface area contributed by atoms with Crippen molar-refractivity contribution in [3.8, 4) is 0 Å². The maximum Gasteiger partial charge on any atom is 0.0612 e. The number of benzene rings is 2. The second kappa shape index (κ2) is 9.20. The van der Waals surface area contributed by atoms with Crippen LogP contribution in [0.2, 0.25) is 0 Å². The molecule has 0 radical (unpaired) electrons. The molecule has 1 aliphatic heterocycles. The summed E-state index contributed by atoms with van der Waals surface area (Å²) in [6.07, 6.45) is 4.03. The second-order valence-electron chi connectivity index (χ2n) is 7.11. The highest BCUT2D eigenvalue weighted by Gasteiger charge is 2.28. The zero-order valence-corrected chi connectivity index (χ0v) is 17.0. The Morgan fingerprint density at radius 2 is 1.00 bits per heavy atom. The van der Waals surface area contributed by atoms with Crippen LogP contribution < -0.4 is 0 Å². The summed E-state index contributed by atoms with van der Waals surface area (Å²) in [4.78, 5) is 2.72. The zero-order valence-electron chi connectivity index (χ0n) is 17.0. The van der Waals surface area contributed by atoms with Gasteiger partial charge in [0, 0.05) is 0 Å². The lowest BCUT2D eigenvalue weighted by atomic mass is 9.85. The third-order valence-corrected chi connectivity index (χ3v) is 5.39. The minimum absolute atomic E-state index is 0.401. The zero-order chi connectivity index (χ0) is 18.4. The summed E-state index contributed by atoms with van der Waals surface area (Å²) >= 11 is 0. The largest absolute Gasteiger partial charge is 0.292 e. The number of piperidine rings is 1. The summed E-state index contributed by atoms with van der Waals surface area (Å²) in [6.45, 7) is 15.5. The number of aryl methyl sites for hydroxylation is 4. The van der Waals surface area contributed by atoms with Crippen molar-refractivity contribution in [2.75, 3.05) is 13.1 Å². The Hall–Kier alpha value is -1.60. The third kappa shape index (κ3) is 4.33. The lowest BCUT2D eigenvalue weighted by Gasteiger charge is -2.38. The van der Waals surface area contributed by atoms with Crippen LogP contribution in [0.3, 0.4) is 0 Å². The Bertz CT molecular complexity index is 588. The predicted octanol–water partition coefficient (Wildman–Crippen LogP) is 6.52. The molecule has 25 heavy (non-hydrogen) atoms. The first-order valence-electron chi connectivity index (χ1n) is 9.96. The minimum atomic E-state index is 0.401. The van der Waals surface area contributed by atoms with Crippen LogP contribution >= 0.6 is 0 Å². The first kappa shape index (κ1) is 19.7. The average Bonchev–Trinajstić information content (AvgIpc) is 2.62. The molecular weight excluding hydrogens is 302 g/mol. The fourth-order valence-corrected chi connectivity index (χ4v) is 4.20. The van der Waals surface area contributed by atoms with Gasteiger partial charge in [-0.25, -0.2) is 0 Å². The van der Waals surface area contributed by atoms with Gasteiger partial charge in [-0.05, 0) is 87.0 Å². The van der Waals surface area contributed by atoms with E-state index in [0.717, 1.165) is 0 Å². The first-order chi connectivity index (χ1) is 12.1. The van der Waals surface area contributed by atoms with Crippen LogP contribution in [0.5, 0.6) is 0 Å². The summed E-state index contributed by atoms with van der Waals surface area (Å²) in [6, 6.07) is 13.9. The molecule has 1 aliphatic rings. The van der Waals surface area contributed by atoms with Crippen molar-refractivity contribution in [1.29, 1.82) is 0 Å². The molecule has 3 rings (SSSR count). The summed E-state index contributed by atoms with van der Waals surface area (Å²) in [5, 5.41) is 0. The molecule has 0 N–H and O–H groups in total. The Morgan fingerprint density at radius 3 is 1.36 bits per heavy atom. The Morgan fingerprint density at radius 1 is 0.640 bits per heavy atom. The highest BCUT2D eigenvalue weighted by molar-refractivity contribution is 5.47. The monoisotopic (exact) mass is 337 g/mol. The molecule has 0 unspecified atom stereocenters. The van der Waals surface area contributed by atoms with E-state index in [0.29, 0.717) is 6.04 Å². The molecular formula is C24H35N. The molecule has 0 spiro atoms. The lowest BCUT2D eigenvalue weighted by Crippen LogP contribution is -2.35. The van der Waals surface area contributed by atoms with Crippen LogP contribution in [-0.4, -0.2) is 18.0 Å². The highest BCUT2D eigenvalue weighted by Crippen LogP contribution is 2.37. The van der Waals surface area contributed by atoms with Crippen LogP contribution in [0.1, 0.15) is 72.5 Å². The van der Waals surface area contributed by atoms with Crippen LogP contribution in [-0.2, 0) is 0 Å². The van der Waals surface area contributed by atoms with Crippen molar-refractivity contribution in [2.24, 2.45) is 0 Å². The van der Waals surface area contributed by atoms with Gasteiger partial charge in [0.2, 0.25) is 0 Å². The molecule has 2 aromatic carbocycles. The summed E-state index contributed by atoms with van der Waals surface area (Å²) in [5.74, 6) is 0. The van der Waals surface area contributed by atoms with Gasteiger partial charge >= 0.3 is 0 Å². The smallest absolute Gasteiger partial charge is 0.0612 e. The maximum absolute atomic E-state index is 2.72. The molecule has 1 nitrogen and oxygen atoms in total. The topological polar surface area (TPSA) is 3.24 Å². The first-order valence-corrected chi connectivity index (χ1v) is 9.96. The standard InChI is InChI=1S/C22H29N.C2H6/c1-16-10-8-11-17(2)20(16)22(23-14-6-5-7-15-23)21-18(3)12-9-13-19(21)4;1-2/h8-13,22H,5-7,14-15H2,1-4H3;1-2H3. The van der Waals surface area contributed by atoms with Crippen molar-refractivity contribution in [2.45, 2.75) is 66.8 Å². The van der Waals surface area contributed by atoms with E-state index in [-0.39, 0.29) is 0 Å². The Balaban J connectivity index is 0.00000109. The minimum Gasteiger partial charge on any atom is -0.292 e.